The van der Waals surface area contributed by atoms with E-state index in [-0.39, 0.29) is 59.4 Å². The van der Waals surface area contributed by atoms with Crippen LogP contribution in [0.2, 0.25) is 0 Å². The van der Waals surface area contributed by atoms with E-state index < -0.39 is 59.2 Å². The third kappa shape index (κ3) is 15.4. The van der Waals surface area contributed by atoms with Crippen molar-refractivity contribution >= 4 is 59.0 Å². The minimum atomic E-state index is -0.749. The summed E-state index contributed by atoms with van der Waals surface area (Å²) in [7, 11) is 3.40. The number of carbonyl (C=O) groups is 6. The van der Waals surface area contributed by atoms with Crippen LogP contribution in [-0.4, -0.2) is 150 Å². The summed E-state index contributed by atoms with van der Waals surface area (Å²) >= 11 is 3.33. The predicted molar refractivity (Wildman–Crippen MR) is 283 cm³/mol. The van der Waals surface area contributed by atoms with Crippen LogP contribution >= 0.6 is 23.5 Å². The van der Waals surface area contributed by atoms with Crippen LogP contribution < -0.4 is 31.9 Å². The Bertz CT molecular complexity index is 2050. The molecule has 394 valence electrons. The third-order valence-electron chi connectivity index (χ3n) is 14.2. The summed E-state index contributed by atoms with van der Waals surface area (Å²) in [4.78, 5) is 86.0. The molecule has 0 aromatic heterocycles. The molecule has 0 bridgehead atoms. The monoisotopic (exact) mass is 1020 g/mol. The molecule has 0 aliphatic carbocycles. The van der Waals surface area contributed by atoms with E-state index in [9.17, 15) is 28.8 Å². The first-order chi connectivity index (χ1) is 33.8. The molecule has 1 aromatic carbocycles. The lowest BCUT2D eigenvalue weighted by Gasteiger charge is -2.35. The van der Waals surface area contributed by atoms with E-state index >= 15 is 0 Å². The number of unbranched alkanes of at least 4 members (excludes halogenated alkanes) is 3. The van der Waals surface area contributed by atoms with Crippen LogP contribution in [0.4, 0.5) is 0 Å². The number of hydrogen-bond donors (Lipinski definition) is 6. The standard InChI is InChI=1S/C53H82N8O8S2/c1-11-12-16-21-34(2)40(58-48(64)44-52(5,6)30-42-60(44)50(66)38(24-28-70-42)56-46(62)35(3)54-9)32-68-26-19-13-14-20-27-69-33-41(37-22-17-15-18-23-37)59-49(65)45-53(7,8)31-43-61(45)51(67)39(25-29-71-43)57-47(63)36(4)55-10/h11-12,15-18,21-23,35-36,38-45,54-55H,2,13-14,19-20,24-33H2,1,3-10H3,(H,56,62)(H,57,63)(H,58,64)(H,59,65)/b12-11-,21-16-/t35-,36-,38-,39-,40+,41+,42-,43-,44+,45+/m0/s1. The number of thioether (sulfide) groups is 2. The summed E-state index contributed by atoms with van der Waals surface area (Å²) in [6.45, 7) is 19.2. The molecule has 5 rings (SSSR count). The van der Waals surface area contributed by atoms with E-state index in [1.165, 1.54) is 0 Å². The molecule has 4 aliphatic rings. The molecule has 4 saturated heterocycles. The van der Waals surface area contributed by atoms with E-state index in [1.54, 1.807) is 61.3 Å². The number of ether oxygens (including phenoxy) is 2. The van der Waals surface area contributed by atoms with Crippen molar-refractivity contribution < 1.29 is 38.2 Å². The average Bonchev–Trinajstić information content (AvgIpc) is 3.66. The molecule has 6 amide bonds. The Morgan fingerprint density at radius 3 is 1.69 bits per heavy atom. The molecule has 0 unspecified atom stereocenters. The summed E-state index contributed by atoms with van der Waals surface area (Å²) in [5.74, 6) is -0.0938. The first-order valence-electron chi connectivity index (χ1n) is 25.5. The van der Waals surface area contributed by atoms with Gasteiger partial charge in [-0.1, -0.05) is 102 Å². The molecular weight excluding hydrogens is 941 g/mol. The fourth-order valence-electron chi connectivity index (χ4n) is 9.78. The second kappa shape index (κ2) is 27.2. The zero-order valence-corrected chi connectivity index (χ0v) is 45.2. The molecule has 0 radical (unpaired) electrons. The fraction of sp³-hybridized carbons (Fsp3) is 0.660. The normalized spacial score (nSPS) is 25.6. The van der Waals surface area contributed by atoms with Gasteiger partial charge in [0.2, 0.25) is 35.4 Å². The van der Waals surface area contributed by atoms with Gasteiger partial charge in [0.1, 0.15) is 24.2 Å². The van der Waals surface area contributed by atoms with Crippen LogP contribution in [-0.2, 0) is 38.2 Å². The molecule has 18 heteroatoms. The Kier molecular flexibility index (Phi) is 22.1. The van der Waals surface area contributed by atoms with Crippen molar-refractivity contribution in [2.24, 2.45) is 10.8 Å². The summed E-state index contributed by atoms with van der Waals surface area (Å²) in [6.07, 6.45) is 13.2. The Hall–Kier alpha value is -4.20. The molecule has 4 heterocycles. The summed E-state index contributed by atoms with van der Waals surface area (Å²) in [5.41, 5.74) is 0.564. The minimum Gasteiger partial charge on any atom is -0.379 e. The minimum absolute atomic E-state index is 0.167. The highest BCUT2D eigenvalue weighted by Gasteiger charge is 2.56. The summed E-state index contributed by atoms with van der Waals surface area (Å²) in [6, 6.07) is 4.94. The van der Waals surface area contributed by atoms with Crippen molar-refractivity contribution in [3.05, 3.63) is 72.4 Å². The average molecular weight is 1020 g/mol. The second-order valence-electron chi connectivity index (χ2n) is 20.6. The van der Waals surface area contributed by atoms with E-state index in [0.717, 1.165) is 31.2 Å². The van der Waals surface area contributed by atoms with Gasteiger partial charge in [-0.3, -0.25) is 28.8 Å². The van der Waals surface area contributed by atoms with E-state index in [4.69, 9.17) is 9.47 Å². The Labute approximate surface area is 431 Å². The second-order valence-corrected chi connectivity index (χ2v) is 23.2. The van der Waals surface area contributed by atoms with Crippen molar-refractivity contribution in [3.63, 3.8) is 0 Å². The van der Waals surface area contributed by atoms with Gasteiger partial charge in [0.15, 0.2) is 0 Å². The topological polar surface area (TPSA) is 200 Å². The van der Waals surface area contributed by atoms with Crippen molar-refractivity contribution in [2.75, 3.05) is 52.0 Å². The highest BCUT2D eigenvalue weighted by atomic mass is 32.2. The van der Waals surface area contributed by atoms with Gasteiger partial charge in [0.05, 0.1) is 48.1 Å². The van der Waals surface area contributed by atoms with Crippen molar-refractivity contribution in [1.82, 2.24) is 41.7 Å². The molecular formula is C53H82N8O8S2. The predicted octanol–water partition coefficient (Wildman–Crippen LogP) is 4.98. The molecule has 71 heavy (non-hydrogen) atoms. The molecule has 4 fully saturated rings. The smallest absolute Gasteiger partial charge is 0.246 e. The SMILES string of the molecule is C=C(/C=C\C=C/C)[C@@H](COCCCCCCOC[C@@H](NC(=O)[C@H]1N2C(=O)[C@@H](NC(=O)[C@H](C)NC)CCS[C@H]2CC1(C)C)c1ccccc1)NC(=O)[C@H]1N2C(=O)[C@@H](NC(=O)[C@H](C)NC)CCS[C@H]2CC1(C)C. The highest BCUT2D eigenvalue weighted by molar-refractivity contribution is 8.00. The number of hydrogen-bond acceptors (Lipinski definition) is 12. The van der Waals surface area contributed by atoms with Crippen molar-refractivity contribution in [2.45, 2.75) is 159 Å². The van der Waals surface area contributed by atoms with Crippen molar-refractivity contribution in [1.29, 1.82) is 0 Å². The fourth-order valence-corrected chi connectivity index (χ4v) is 12.9. The lowest BCUT2D eigenvalue weighted by atomic mass is 9.83. The number of fused-ring (bicyclic) bond motifs is 2. The number of rotatable bonds is 25. The third-order valence-corrected chi connectivity index (χ3v) is 16.7. The van der Waals surface area contributed by atoms with Crippen LogP contribution in [0, 0.1) is 10.8 Å². The van der Waals surface area contributed by atoms with Gasteiger partial charge in [-0.15, -0.1) is 23.5 Å². The largest absolute Gasteiger partial charge is 0.379 e. The van der Waals surface area contributed by atoms with Crippen LogP contribution in [0.1, 0.15) is 111 Å². The quantitative estimate of drug-likeness (QED) is 0.0569. The number of nitrogens with zero attached hydrogens (tertiary/aromatic N) is 2. The lowest BCUT2D eigenvalue weighted by molar-refractivity contribution is -0.144. The van der Waals surface area contributed by atoms with Crippen LogP contribution in [0.3, 0.4) is 0 Å². The van der Waals surface area contributed by atoms with Gasteiger partial charge < -0.3 is 51.2 Å². The summed E-state index contributed by atoms with van der Waals surface area (Å²) in [5, 5.41) is 17.8. The van der Waals surface area contributed by atoms with Crippen LogP contribution in [0.25, 0.3) is 0 Å². The Balaban J connectivity index is 1.12. The molecule has 6 N–H and O–H groups in total. The van der Waals surface area contributed by atoms with Crippen LogP contribution in [0.5, 0.6) is 0 Å². The molecule has 1 aromatic rings. The number of nitrogens with one attached hydrogen (secondary N) is 6. The van der Waals surface area contributed by atoms with Gasteiger partial charge >= 0.3 is 0 Å². The number of carbonyl (C=O) groups excluding carboxylic acids is 6. The van der Waals surface area contributed by atoms with E-state index in [2.05, 4.69) is 38.5 Å². The molecule has 4 aliphatic heterocycles. The van der Waals surface area contributed by atoms with Gasteiger partial charge in [0.25, 0.3) is 0 Å². The summed E-state index contributed by atoms with van der Waals surface area (Å²) < 4.78 is 12.4. The maximum atomic E-state index is 14.4. The van der Waals surface area contributed by atoms with Gasteiger partial charge in [0, 0.05) is 13.2 Å². The number of amides is 6. The van der Waals surface area contributed by atoms with Gasteiger partial charge in [-0.25, -0.2) is 0 Å². The van der Waals surface area contributed by atoms with Gasteiger partial charge in [-0.05, 0) is 107 Å². The first-order valence-corrected chi connectivity index (χ1v) is 27.6. The molecule has 16 nitrogen and oxygen atoms in total. The maximum absolute atomic E-state index is 14.4. The number of benzene rings is 1. The first kappa shape index (κ1) is 57.7. The number of allylic oxidation sites excluding steroid dienone is 3. The van der Waals surface area contributed by atoms with Crippen LogP contribution in [0.15, 0.2) is 66.8 Å². The molecule has 0 spiro atoms. The Morgan fingerprint density at radius 1 is 0.732 bits per heavy atom. The molecule has 0 saturated carbocycles. The van der Waals surface area contributed by atoms with Gasteiger partial charge in [-0.2, -0.15) is 0 Å². The zero-order valence-electron chi connectivity index (χ0n) is 43.6. The van der Waals surface area contributed by atoms with E-state index in [0.29, 0.717) is 56.0 Å². The Morgan fingerprint density at radius 2 is 1.21 bits per heavy atom. The molecule has 10 atom stereocenters. The number of likely N-dealkylation sites (N-methyl/N-ethyl adjacent to an activating group) is 2. The lowest BCUT2D eigenvalue weighted by Crippen LogP contribution is -2.59. The highest BCUT2D eigenvalue weighted by Crippen LogP contribution is 2.48. The maximum Gasteiger partial charge on any atom is 0.246 e. The zero-order chi connectivity index (χ0) is 51.9. The van der Waals surface area contributed by atoms with E-state index in [1.807, 2.05) is 89.3 Å². The van der Waals surface area contributed by atoms with Crippen molar-refractivity contribution in [3.8, 4) is 0 Å².